The highest BCUT2D eigenvalue weighted by Crippen LogP contribution is 2.29. The van der Waals surface area contributed by atoms with Crippen LogP contribution in [0, 0.1) is 5.92 Å². The highest BCUT2D eigenvalue weighted by molar-refractivity contribution is 7.99. The molecule has 0 aliphatic rings. The first-order valence-corrected chi connectivity index (χ1v) is 6.97. The second-order valence-electron chi connectivity index (χ2n) is 4.39. The third kappa shape index (κ3) is 4.36. The molecule has 0 spiro atoms. The average Bonchev–Trinajstić information content (AvgIpc) is 2.16. The van der Waals surface area contributed by atoms with Gasteiger partial charge in [0.05, 0.1) is 6.10 Å². The molecule has 0 saturated carbocycles. The molecule has 0 aliphatic carbocycles. The van der Waals surface area contributed by atoms with Crippen molar-refractivity contribution in [1.82, 2.24) is 0 Å². The Bertz CT molecular complexity index is 337. The molecule has 90 valence electrons. The molecule has 0 saturated heterocycles. The third-order valence-corrected chi connectivity index (χ3v) is 3.74. The molecule has 1 unspecified atom stereocenters. The van der Waals surface area contributed by atoms with E-state index >= 15 is 0 Å². The summed E-state index contributed by atoms with van der Waals surface area (Å²) in [6, 6.07) is 5.87. The van der Waals surface area contributed by atoms with Crippen LogP contribution < -0.4 is 0 Å². The molecule has 0 radical (unpaired) electrons. The number of rotatable bonds is 5. The maximum Gasteiger partial charge on any atom is 0.0776 e. The lowest BCUT2D eigenvalue weighted by Crippen LogP contribution is -1.93. The molecule has 0 aromatic heterocycles. The van der Waals surface area contributed by atoms with Crippen molar-refractivity contribution in [2.45, 2.75) is 38.2 Å². The lowest BCUT2D eigenvalue weighted by molar-refractivity contribution is 0.199. The van der Waals surface area contributed by atoms with Gasteiger partial charge < -0.3 is 5.11 Å². The minimum atomic E-state index is -0.498. The predicted octanol–water partition coefficient (Wildman–Crippen LogP) is 4.53. The molecular weight excluding hydrogens is 240 g/mol. The molecule has 0 aliphatic heterocycles. The van der Waals surface area contributed by atoms with Gasteiger partial charge in [-0.25, -0.2) is 0 Å². The van der Waals surface area contributed by atoms with E-state index in [0.717, 1.165) is 17.2 Å². The topological polar surface area (TPSA) is 20.2 Å². The van der Waals surface area contributed by atoms with Crippen LogP contribution in [0.3, 0.4) is 0 Å². The van der Waals surface area contributed by atoms with E-state index in [9.17, 15) is 5.11 Å². The minimum absolute atomic E-state index is 0.498. The molecule has 1 aromatic rings. The molecule has 1 nitrogen and oxygen atoms in total. The van der Waals surface area contributed by atoms with Crippen LogP contribution in [-0.2, 0) is 0 Å². The van der Waals surface area contributed by atoms with Crippen LogP contribution in [0.4, 0.5) is 0 Å². The lowest BCUT2D eigenvalue weighted by Gasteiger charge is -2.09. The largest absolute Gasteiger partial charge is 0.389 e. The normalized spacial score (nSPS) is 13.1. The predicted molar refractivity (Wildman–Crippen MR) is 72.3 cm³/mol. The monoisotopic (exact) mass is 258 g/mol. The number of hydrogen-bond donors (Lipinski definition) is 1. The van der Waals surface area contributed by atoms with E-state index in [1.807, 2.05) is 30.0 Å². The van der Waals surface area contributed by atoms with Gasteiger partial charge in [0.25, 0.3) is 0 Å². The summed E-state index contributed by atoms with van der Waals surface area (Å²) >= 11 is 7.91. The maximum absolute atomic E-state index is 9.45. The third-order valence-electron chi connectivity index (χ3n) is 2.39. The Balaban J connectivity index is 2.59. The smallest absolute Gasteiger partial charge is 0.0776 e. The second kappa shape index (κ2) is 6.53. The molecule has 3 heteroatoms. The zero-order valence-corrected chi connectivity index (χ0v) is 11.6. The van der Waals surface area contributed by atoms with Gasteiger partial charge in [-0.15, -0.1) is 11.8 Å². The Morgan fingerprint density at radius 2 is 2.00 bits per heavy atom. The Labute approximate surface area is 107 Å². The highest BCUT2D eigenvalue weighted by Gasteiger charge is 2.07. The van der Waals surface area contributed by atoms with Gasteiger partial charge in [0.1, 0.15) is 0 Å². The van der Waals surface area contributed by atoms with Crippen LogP contribution in [-0.4, -0.2) is 10.9 Å². The number of aliphatic hydroxyl groups excluding tert-OH is 1. The van der Waals surface area contributed by atoms with Gasteiger partial charge in [0.2, 0.25) is 0 Å². The molecule has 1 N–H and O–H groups in total. The van der Waals surface area contributed by atoms with Crippen LogP contribution in [0.1, 0.15) is 38.9 Å². The lowest BCUT2D eigenvalue weighted by atomic mass is 10.1. The second-order valence-corrected chi connectivity index (χ2v) is 5.97. The van der Waals surface area contributed by atoms with Crippen molar-refractivity contribution in [3.8, 4) is 0 Å². The fourth-order valence-electron chi connectivity index (χ4n) is 1.35. The first-order chi connectivity index (χ1) is 7.50. The van der Waals surface area contributed by atoms with Crippen molar-refractivity contribution < 1.29 is 5.11 Å². The van der Waals surface area contributed by atoms with Gasteiger partial charge in [-0.05, 0) is 42.7 Å². The van der Waals surface area contributed by atoms with Gasteiger partial charge in [-0.3, -0.25) is 0 Å². The molecular formula is C13H19ClOS. The summed E-state index contributed by atoms with van der Waals surface area (Å²) in [5, 5.41) is 10.1. The Morgan fingerprint density at radius 1 is 1.31 bits per heavy atom. The summed E-state index contributed by atoms with van der Waals surface area (Å²) in [4.78, 5) is 1.18. The van der Waals surface area contributed by atoms with Gasteiger partial charge >= 0.3 is 0 Å². The molecule has 0 amide bonds. The number of thioether (sulfide) groups is 1. The van der Waals surface area contributed by atoms with Crippen molar-refractivity contribution in [3.05, 3.63) is 28.8 Å². The first kappa shape index (κ1) is 13.9. The van der Waals surface area contributed by atoms with E-state index in [4.69, 9.17) is 11.6 Å². The van der Waals surface area contributed by atoms with Gasteiger partial charge in [-0.2, -0.15) is 0 Å². The van der Waals surface area contributed by atoms with Crippen LogP contribution in [0.25, 0.3) is 0 Å². The van der Waals surface area contributed by atoms with E-state index in [-0.39, 0.29) is 0 Å². The molecule has 1 atom stereocenters. The van der Waals surface area contributed by atoms with Gasteiger partial charge in [0.15, 0.2) is 0 Å². The number of hydrogen-bond acceptors (Lipinski definition) is 2. The van der Waals surface area contributed by atoms with E-state index < -0.39 is 6.10 Å². The molecule has 1 rings (SSSR count). The van der Waals surface area contributed by atoms with Crippen LogP contribution in [0.5, 0.6) is 0 Å². The molecule has 16 heavy (non-hydrogen) atoms. The SMILES string of the molecule is CC(C)CCSc1ccc(C(C)O)c(Cl)c1. The van der Waals surface area contributed by atoms with Crippen LogP contribution in [0.2, 0.25) is 5.02 Å². The maximum atomic E-state index is 9.45. The molecule has 1 aromatic carbocycles. The molecule has 0 bridgehead atoms. The number of aliphatic hydroxyl groups is 1. The average molecular weight is 259 g/mol. The van der Waals surface area contributed by atoms with Crippen LogP contribution in [0.15, 0.2) is 23.1 Å². The molecule has 0 heterocycles. The van der Waals surface area contributed by atoms with E-state index in [0.29, 0.717) is 5.02 Å². The first-order valence-electron chi connectivity index (χ1n) is 5.61. The van der Waals surface area contributed by atoms with E-state index in [2.05, 4.69) is 13.8 Å². The quantitative estimate of drug-likeness (QED) is 0.783. The summed E-state index contributed by atoms with van der Waals surface area (Å²) in [7, 11) is 0. The Morgan fingerprint density at radius 3 is 2.50 bits per heavy atom. The fourth-order valence-corrected chi connectivity index (χ4v) is 2.94. The Hall–Kier alpha value is -0.180. The number of benzene rings is 1. The summed E-state index contributed by atoms with van der Waals surface area (Å²) in [5.74, 6) is 1.85. The van der Waals surface area contributed by atoms with Crippen molar-refractivity contribution in [2.75, 3.05) is 5.75 Å². The van der Waals surface area contributed by atoms with Gasteiger partial charge in [0, 0.05) is 9.92 Å². The van der Waals surface area contributed by atoms with Gasteiger partial charge in [-0.1, -0.05) is 31.5 Å². The van der Waals surface area contributed by atoms with Crippen molar-refractivity contribution in [3.63, 3.8) is 0 Å². The summed E-state index contributed by atoms with van der Waals surface area (Å²) in [6.07, 6.45) is 0.711. The molecule has 0 fully saturated rings. The standard InChI is InChI=1S/C13H19ClOS/c1-9(2)6-7-16-11-4-5-12(10(3)15)13(14)8-11/h4-5,8-10,15H,6-7H2,1-3H3. The highest BCUT2D eigenvalue weighted by atomic mass is 35.5. The summed E-state index contributed by atoms with van der Waals surface area (Å²) in [5.41, 5.74) is 0.801. The van der Waals surface area contributed by atoms with Crippen molar-refractivity contribution in [2.24, 2.45) is 5.92 Å². The van der Waals surface area contributed by atoms with E-state index in [1.165, 1.54) is 11.3 Å². The fraction of sp³-hybridized carbons (Fsp3) is 0.538. The number of halogens is 1. The minimum Gasteiger partial charge on any atom is -0.389 e. The zero-order chi connectivity index (χ0) is 12.1. The zero-order valence-electron chi connectivity index (χ0n) is 10.0. The van der Waals surface area contributed by atoms with E-state index in [1.54, 1.807) is 6.92 Å². The van der Waals surface area contributed by atoms with Crippen molar-refractivity contribution in [1.29, 1.82) is 0 Å². The summed E-state index contributed by atoms with van der Waals surface area (Å²) < 4.78 is 0. The van der Waals surface area contributed by atoms with Crippen LogP contribution >= 0.6 is 23.4 Å². The Kier molecular flexibility index (Phi) is 5.67. The summed E-state index contributed by atoms with van der Waals surface area (Å²) in [6.45, 7) is 6.18. The van der Waals surface area contributed by atoms with Crippen molar-refractivity contribution >= 4 is 23.4 Å².